The molecule has 0 bridgehead atoms. The summed E-state index contributed by atoms with van der Waals surface area (Å²) >= 11 is 0. The van der Waals surface area contributed by atoms with Crippen molar-refractivity contribution < 1.29 is 4.74 Å². The minimum absolute atomic E-state index is 0.276. The molecule has 80 valence electrons. The molecule has 0 unspecified atom stereocenters. The van der Waals surface area contributed by atoms with Gasteiger partial charge in [0.15, 0.2) is 0 Å². The van der Waals surface area contributed by atoms with E-state index in [0.717, 1.165) is 0 Å². The smallest absolute Gasteiger partial charge is 0.144 e. The number of hydrogen-bond donors (Lipinski definition) is 0. The molecule has 2 heteroatoms. The Labute approximate surface area is 89.2 Å². The Hall–Kier alpha value is -0.263. The first-order valence-corrected chi connectivity index (χ1v) is 9.21. The molecular formula is C12H22OSi. The maximum absolute atomic E-state index is 5.51. The van der Waals surface area contributed by atoms with Crippen LogP contribution in [-0.4, -0.2) is 20.3 Å². The van der Waals surface area contributed by atoms with E-state index in [-0.39, 0.29) is 6.10 Å². The third-order valence-electron chi connectivity index (χ3n) is 2.26. The standard InChI is InChI=1S/C12H22OSi/c1-5-6-7-8-11-12(13-11)9-10-14(2,3)4/h11-12H,5-8H2,1-4H3/t11-,12+/m1/s1. The lowest BCUT2D eigenvalue weighted by molar-refractivity contribution is 0.376. The van der Waals surface area contributed by atoms with E-state index in [1.807, 2.05) is 0 Å². The van der Waals surface area contributed by atoms with Gasteiger partial charge >= 0.3 is 0 Å². The van der Waals surface area contributed by atoms with Crippen molar-refractivity contribution in [1.82, 2.24) is 0 Å². The highest BCUT2D eigenvalue weighted by Gasteiger charge is 2.36. The van der Waals surface area contributed by atoms with Crippen LogP contribution < -0.4 is 0 Å². The van der Waals surface area contributed by atoms with Crippen LogP contribution in [0.15, 0.2) is 0 Å². The van der Waals surface area contributed by atoms with Gasteiger partial charge in [0.2, 0.25) is 0 Å². The molecule has 0 radical (unpaired) electrons. The molecule has 0 aromatic rings. The summed E-state index contributed by atoms with van der Waals surface area (Å²) < 4.78 is 5.51. The van der Waals surface area contributed by atoms with Gasteiger partial charge in [0, 0.05) is 0 Å². The largest absolute Gasteiger partial charge is 0.356 e. The van der Waals surface area contributed by atoms with Crippen molar-refractivity contribution in [1.29, 1.82) is 0 Å². The van der Waals surface area contributed by atoms with Crippen LogP contribution in [0.1, 0.15) is 32.6 Å². The predicted octanol–water partition coefficient (Wildman–Crippen LogP) is 3.21. The Morgan fingerprint density at radius 2 is 1.93 bits per heavy atom. The minimum Gasteiger partial charge on any atom is -0.356 e. The summed E-state index contributed by atoms with van der Waals surface area (Å²) in [7, 11) is -1.19. The van der Waals surface area contributed by atoms with Gasteiger partial charge in [-0.05, 0) is 6.42 Å². The normalized spacial score (nSPS) is 25.4. The van der Waals surface area contributed by atoms with Gasteiger partial charge in [-0.25, -0.2) is 0 Å². The van der Waals surface area contributed by atoms with E-state index in [9.17, 15) is 0 Å². The van der Waals surface area contributed by atoms with Crippen molar-refractivity contribution in [2.75, 3.05) is 0 Å². The highest BCUT2D eigenvalue weighted by atomic mass is 28.3. The molecule has 0 aromatic heterocycles. The first kappa shape index (κ1) is 11.8. The monoisotopic (exact) mass is 210 g/mol. The van der Waals surface area contributed by atoms with Crippen LogP contribution in [0, 0.1) is 11.5 Å². The van der Waals surface area contributed by atoms with E-state index in [1.54, 1.807) is 0 Å². The maximum atomic E-state index is 5.51. The SMILES string of the molecule is CCCCC[C@H]1O[C@H]1C#C[Si](C)(C)C. The molecule has 0 N–H and O–H groups in total. The quantitative estimate of drug-likeness (QED) is 0.300. The van der Waals surface area contributed by atoms with E-state index in [0.29, 0.717) is 6.10 Å². The molecule has 1 rings (SSSR count). The van der Waals surface area contributed by atoms with Crippen molar-refractivity contribution in [3.8, 4) is 11.5 Å². The molecule has 0 amide bonds. The second-order valence-electron chi connectivity index (χ2n) is 5.11. The summed E-state index contributed by atoms with van der Waals surface area (Å²) in [5, 5.41) is 0. The van der Waals surface area contributed by atoms with E-state index in [1.165, 1.54) is 25.7 Å². The Morgan fingerprint density at radius 3 is 2.50 bits per heavy atom. The van der Waals surface area contributed by atoms with Gasteiger partial charge in [0.1, 0.15) is 14.2 Å². The van der Waals surface area contributed by atoms with Crippen molar-refractivity contribution in [3.63, 3.8) is 0 Å². The second-order valence-corrected chi connectivity index (χ2v) is 9.86. The summed E-state index contributed by atoms with van der Waals surface area (Å²) in [5.41, 5.74) is 3.37. The van der Waals surface area contributed by atoms with Gasteiger partial charge in [0.05, 0.1) is 6.10 Å². The molecule has 14 heavy (non-hydrogen) atoms. The minimum atomic E-state index is -1.19. The highest BCUT2D eigenvalue weighted by molar-refractivity contribution is 6.83. The predicted molar refractivity (Wildman–Crippen MR) is 63.9 cm³/mol. The van der Waals surface area contributed by atoms with Crippen LogP contribution in [0.25, 0.3) is 0 Å². The summed E-state index contributed by atoms with van der Waals surface area (Å²) in [5.74, 6) is 3.26. The zero-order valence-electron chi connectivity index (χ0n) is 9.89. The average molecular weight is 210 g/mol. The van der Waals surface area contributed by atoms with Crippen LogP contribution in [0.4, 0.5) is 0 Å². The van der Waals surface area contributed by atoms with E-state index < -0.39 is 8.07 Å². The van der Waals surface area contributed by atoms with Crippen LogP contribution in [0.2, 0.25) is 19.6 Å². The van der Waals surface area contributed by atoms with Crippen molar-refractivity contribution in [2.45, 2.75) is 64.5 Å². The van der Waals surface area contributed by atoms with Gasteiger partial charge in [-0.3, -0.25) is 0 Å². The van der Waals surface area contributed by atoms with E-state index in [2.05, 4.69) is 38.0 Å². The summed E-state index contributed by atoms with van der Waals surface area (Å²) in [6.45, 7) is 9.05. The first-order valence-electron chi connectivity index (χ1n) is 5.71. The molecule has 0 aromatic carbocycles. The van der Waals surface area contributed by atoms with Gasteiger partial charge < -0.3 is 4.74 Å². The van der Waals surface area contributed by atoms with E-state index >= 15 is 0 Å². The number of hydrogen-bond acceptors (Lipinski definition) is 1. The number of rotatable bonds is 4. The lowest BCUT2D eigenvalue weighted by Crippen LogP contribution is -2.16. The number of ether oxygens (including phenoxy) is 1. The zero-order valence-corrected chi connectivity index (χ0v) is 10.9. The second kappa shape index (κ2) is 5.00. The lowest BCUT2D eigenvalue weighted by atomic mass is 10.1. The van der Waals surface area contributed by atoms with Crippen LogP contribution in [0.3, 0.4) is 0 Å². The summed E-state index contributed by atoms with van der Waals surface area (Å²) in [6, 6.07) is 0. The van der Waals surface area contributed by atoms with Gasteiger partial charge in [0.25, 0.3) is 0 Å². The molecule has 1 heterocycles. The average Bonchev–Trinajstić information content (AvgIpc) is 2.80. The van der Waals surface area contributed by atoms with Crippen molar-refractivity contribution in [3.05, 3.63) is 0 Å². The topological polar surface area (TPSA) is 12.5 Å². The number of unbranched alkanes of at least 4 members (excludes halogenated alkanes) is 2. The van der Waals surface area contributed by atoms with Crippen LogP contribution >= 0.6 is 0 Å². The Kier molecular flexibility index (Phi) is 4.22. The molecule has 1 saturated heterocycles. The fourth-order valence-corrected chi connectivity index (χ4v) is 1.95. The highest BCUT2D eigenvalue weighted by Crippen LogP contribution is 2.26. The molecule has 1 fully saturated rings. The maximum Gasteiger partial charge on any atom is 0.144 e. The zero-order chi connectivity index (χ0) is 10.6. The fraction of sp³-hybridized carbons (Fsp3) is 0.833. The van der Waals surface area contributed by atoms with Crippen LogP contribution in [0.5, 0.6) is 0 Å². The lowest BCUT2D eigenvalue weighted by Gasteiger charge is -2.02. The third kappa shape index (κ3) is 4.83. The van der Waals surface area contributed by atoms with Crippen molar-refractivity contribution in [2.24, 2.45) is 0 Å². The fourth-order valence-electron chi connectivity index (χ4n) is 1.37. The molecular weight excluding hydrogens is 188 g/mol. The van der Waals surface area contributed by atoms with Gasteiger partial charge in [-0.2, -0.15) is 0 Å². The Morgan fingerprint density at radius 1 is 1.21 bits per heavy atom. The molecule has 0 aliphatic carbocycles. The summed E-state index contributed by atoms with van der Waals surface area (Å²) in [6.07, 6.45) is 5.86. The molecule has 0 spiro atoms. The molecule has 2 atom stereocenters. The molecule has 1 nitrogen and oxygen atoms in total. The Bertz CT molecular complexity index is 231. The van der Waals surface area contributed by atoms with Crippen LogP contribution in [-0.2, 0) is 4.74 Å². The Balaban J connectivity index is 2.16. The summed E-state index contributed by atoms with van der Waals surface area (Å²) in [4.78, 5) is 0. The number of epoxide rings is 1. The first-order chi connectivity index (χ1) is 6.53. The van der Waals surface area contributed by atoms with Crippen molar-refractivity contribution >= 4 is 8.07 Å². The molecule has 1 aliphatic heterocycles. The van der Waals surface area contributed by atoms with Gasteiger partial charge in [-0.1, -0.05) is 51.7 Å². The third-order valence-corrected chi connectivity index (χ3v) is 3.16. The van der Waals surface area contributed by atoms with E-state index in [4.69, 9.17) is 4.74 Å². The molecule has 1 aliphatic rings. The molecule has 0 saturated carbocycles. The van der Waals surface area contributed by atoms with Gasteiger partial charge in [-0.15, -0.1) is 5.54 Å².